The fraction of sp³-hybridized carbons (Fsp3) is 0.789. The Labute approximate surface area is 287 Å². The standard InChI is InChI=1S/C38H69O8P/c1-3-5-7-9-11-13-15-17-19-21-23-25-27-29-31-33-38(40)46-36(35-45-47(41,42)43)34-44-37(39)32-30-28-26-24-22-20-18-16-14-12-10-8-6-4-2/h10,12,16,18,23,25,36H,3-9,11,13-15,17,19-22,24,26-35H2,1-2H3,(H2,41,42,43)/b12-10+,18-16+,25-23+/t36-/m1/s1. The molecule has 0 aliphatic heterocycles. The zero-order valence-electron chi connectivity index (χ0n) is 29.9. The number of rotatable bonds is 34. The van der Waals surface area contributed by atoms with Crippen molar-refractivity contribution in [2.24, 2.45) is 0 Å². The molecule has 47 heavy (non-hydrogen) atoms. The van der Waals surface area contributed by atoms with E-state index in [1.807, 2.05) is 0 Å². The molecule has 274 valence electrons. The molecule has 0 saturated carbocycles. The van der Waals surface area contributed by atoms with Crippen LogP contribution in [0.5, 0.6) is 0 Å². The highest BCUT2D eigenvalue weighted by Crippen LogP contribution is 2.36. The molecule has 0 radical (unpaired) electrons. The lowest BCUT2D eigenvalue weighted by Gasteiger charge is -2.18. The van der Waals surface area contributed by atoms with Gasteiger partial charge in [0.25, 0.3) is 0 Å². The average molecular weight is 685 g/mol. The molecule has 9 heteroatoms. The lowest BCUT2D eigenvalue weighted by atomic mass is 10.1. The third kappa shape index (κ3) is 36.9. The van der Waals surface area contributed by atoms with Gasteiger partial charge in [-0.1, -0.05) is 134 Å². The van der Waals surface area contributed by atoms with Crippen LogP contribution >= 0.6 is 7.82 Å². The number of esters is 2. The minimum absolute atomic E-state index is 0.179. The summed E-state index contributed by atoms with van der Waals surface area (Å²) in [4.78, 5) is 42.6. The van der Waals surface area contributed by atoms with Gasteiger partial charge in [0.2, 0.25) is 0 Å². The summed E-state index contributed by atoms with van der Waals surface area (Å²) >= 11 is 0. The van der Waals surface area contributed by atoms with E-state index in [0.29, 0.717) is 12.8 Å². The molecule has 8 nitrogen and oxygen atoms in total. The summed E-state index contributed by atoms with van der Waals surface area (Å²) in [5, 5.41) is 0. The number of phosphoric acid groups is 1. The van der Waals surface area contributed by atoms with Crippen molar-refractivity contribution >= 4 is 19.8 Å². The fourth-order valence-electron chi connectivity index (χ4n) is 5.03. The average Bonchev–Trinajstić information content (AvgIpc) is 3.03. The highest BCUT2D eigenvalue weighted by molar-refractivity contribution is 7.46. The summed E-state index contributed by atoms with van der Waals surface area (Å²) in [7, 11) is -4.76. The highest BCUT2D eigenvalue weighted by atomic mass is 31.2. The van der Waals surface area contributed by atoms with Crippen molar-refractivity contribution in [3.63, 3.8) is 0 Å². The van der Waals surface area contributed by atoms with E-state index >= 15 is 0 Å². The summed E-state index contributed by atoms with van der Waals surface area (Å²) in [6.07, 6.45) is 38.7. The minimum atomic E-state index is -4.76. The van der Waals surface area contributed by atoms with E-state index < -0.39 is 32.5 Å². The van der Waals surface area contributed by atoms with E-state index in [4.69, 9.17) is 19.3 Å². The number of phosphoric ester groups is 1. The maximum Gasteiger partial charge on any atom is 0.469 e. The first kappa shape index (κ1) is 45.3. The summed E-state index contributed by atoms with van der Waals surface area (Å²) < 4.78 is 26.3. The van der Waals surface area contributed by atoms with Crippen LogP contribution < -0.4 is 0 Å². The zero-order chi connectivity index (χ0) is 34.7. The van der Waals surface area contributed by atoms with E-state index in [9.17, 15) is 14.2 Å². The SMILES string of the molecule is CCCC/C=C/C/C=C/CCCCCCCC(=O)OC[C@H](COP(=O)(O)O)OC(=O)CCCC/C=C/CCCCCCCCCCC. The van der Waals surface area contributed by atoms with Crippen LogP contribution in [0.4, 0.5) is 0 Å². The molecule has 0 heterocycles. The number of carbonyl (C=O) groups excluding carboxylic acids is 2. The van der Waals surface area contributed by atoms with Crippen molar-refractivity contribution in [2.45, 2.75) is 180 Å². The Morgan fingerprint density at radius 3 is 1.53 bits per heavy atom. The van der Waals surface area contributed by atoms with E-state index in [0.717, 1.165) is 64.2 Å². The molecule has 0 spiro atoms. The van der Waals surface area contributed by atoms with Crippen LogP contribution in [0.3, 0.4) is 0 Å². The molecule has 0 amide bonds. The molecule has 0 unspecified atom stereocenters. The maximum atomic E-state index is 12.3. The van der Waals surface area contributed by atoms with E-state index in [-0.39, 0.29) is 19.4 Å². The van der Waals surface area contributed by atoms with Crippen LogP contribution in [0.15, 0.2) is 36.5 Å². The first-order valence-electron chi connectivity index (χ1n) is 18.8. The van der Waals surface area contributed by atoms with Crippen LogP contribution in [-0.4, -0.2) is 41.0 Å². The lowest BCUT2D eigenvalue weighted by molar-refractivity contribution is -0.161. The molecule has 0 aromatic carbocycles. The van der Waals surface area contributed by atoms with Crippen LogP contribution in [-0.2, 0) is 28.2 Å². The lowest BCUT2D eigenvalue weighted by Crippen LogP contribution is -2.29. The van der Waals surface area contributed by atoms with Gasteiger partial charge in [0, 0.05) is 12.8 Å². The zero-order valence-corrected chi connectivity index (χ0v) is 30.8. The van der Waals surface area contributed by atoms with Crippen molar-refractivity contribution in [1.29, 1.82) is 0 Å². The molecule has 0 saturated heterocycles. The van der Waals surface area contributed by atoms with Crippen molar-refractivity contribution in [3.8, 4) is 0 Å². The third-order valence-corrected chi connectivity index (χ3v) is 8.37. The molecule has 0 aliphatic rings. The second-order valence-corrected chi connectivity index (χ2v) is 13.8. The highest BCUT2D eigenvalue weighted by Gasteiger charge is 2.22. The van der Waals surface area contributed by atoms with Gasteiger partial charge in [-0.05, 0) is 64.2 Å². The molecule has 1 atom stereocenters. The number of unbranched alkanes of at least 4 members (excludes halogenated alkanes) is 18. The topological polar surface area (TPSA) is 119 Å². The maximum absolute atomic E-state index is 12.3. The van der Waals surface area contributed by atoms with Gasteiger partial charge in [-0.3, -0.25) is 14.1 Å². The predicted octanol–water partition coefficient (Wildman–Crippen LogP) is 11.0. The number of carbonyl (C=O) groups is 2. The van der Waals surface area contributed by atoms with Crippen LogP contribution in [0.1, 0.15) is 174 Å². The van der Waals surface area contributed by atoms with Crippen LogP contribution in [0.25, 0.3) is 0 Å². The summed E-state index contributed by atoms with van der Waals surface area (Å²) in [5.74, 6) is -0.927. The monoisotopic (exact) mass is 684 g/mol. The number of ether oxygens (including phenoxy) is 2. The van der Waals surface area contributed by atoms with Gasteiger partial charge in [0.05, 0.1) is 6.61 Å². The molecule has 0 fully saturated rings. The third-order valence-electron chi connectivity index (χ3n) is 7.88. The van der Waals surface area contributed by atoms with Crippen molar-refractivity contribution in [3.05, 3.63) is 36.5 Å². The van der Waals surface area contributed by atoms with Gasteiger partial charge in [-0.25, -0.2) is 4.57 Å². The summed E-state index contributed by atoms with van der Waals surface area (Å²) in [5.41, 5.74) is 0. The fourth-order valence-corrected chi connectivity index (χ4v) is 5.39. The predicted molar refractivity (Wildman–Crippen MR) is 193 cm³/mol. The van der Waals surface area contributed by atoms with Gasteiger partial charge in [-0.15, -0.1) is 0 Å². The van der Waals surface area contributed by atoms with E-state index in [1.165, 1.54) is 70.6 Å². The number of hydrogen-bond donors (Lipinski definition) is 2. The van der Waals surface area contributed by atoms with Gasteiger partial charge in [0.1, 0.15) is 6.61 Å². The normalized spacial score (nSPS) is 12.9. The first-order chi connectivity index (χ1) is 22.8. The Hall–Kier alpha value is -1.73. The molecule has 0 aliphatic carbocycles. The number of hydrogen-bond acceptors (Lipinski definition) is 6. The summed E-state index contributed by atoms with van der Waals surface area (Å²) in [6, 6.07) is 0. The minimum Gasteiger partial charge on any atom is -0.462 e. The van der Waals surface area contributed by atoms with Gasteiger partial charge in [0.15, 0.2) is 6.10 Å². The van der Waals surface area contributed by atoms with Crippen molar-refractivity contribution in [1.82, 2.24) is 0 Å². The Morgan fingerprint density at radius 1 is 0.553 bits per heavy atom. The molecular formula is C38H69O8P. The van der Waals surface area contributed by atoms with Crippen LogP contribution in [0, 0.1) is 0 Å². The van der Waals surface area contributed by atoms with E-state index in [1.54, 1.807) is 0 Å². The second-order valence-electron chi connectivity index (χ2n) is 12.5. The molecule has 0 rings (SSSR count). The molecule has 0 bridgehead atoms. The molecule has 2 N–H and O–H groups in total. The largest absolute Gasteiger partial charge is 0.469 e. The van der Waals surface area contributed by atoms with Gasteiger partial charge in [-0.2, -0.15) is 0 Å². The Kier molecular flexibility index (Phi) is 32.9. The van der Waals surface area contributed by atoms with Gasteiger partial charge >= 0.3 is 19.8 Å². The van der Waals surface area contributed by atoms with Crippen molar-refractivity contribution < 1.29 is 37.9 Å². The summed E-state index contributed by atoms with van der Waals surface area (Å²) in [6.45, 7) is 3.60. The Bertz CT molecular complexity index is 864. The Morgan fingerprint density at radius 2 is 0.979 bits per heavy atom. The first-order valence-corrected chi connectivity index (χ1v) is 20.3. The Balaban J connectivity index is 4.02. The van der Waals surface area contributed by atoms with Gasteiger partial charge < -0.3 is 19.3 Å². The van der Waals surface area contributed by atoms with Crippen molar-refractivity contribution in [2.75, 3.05) is 13.2 Å². The molecule has 0 aromatic heterocycles. The van der Waals surface area contributed by atoms with E-state index in [2.05, 4.69) is 54.8 Å². The van der Waals surface area contributed by atoms with Crippen LogP contribution in [0.2, 0.25) is 0 Å². The molecular weight excluding hydrogens is 615 g/mol. The quantitative estimate of drug-likeness (QED) is 0.0297. The molecule has 0 aromatic rings. The smallest absolute Gasteiger partial charge is 0.462 e. The number of allylic oxidation sites excluding steroid dienone is 6. The second kappa shape index (κ2) is 34.1.